The summed E-state index contributed by atoms with van der Waals surface area (Å²) in [5.74, 6) is 1.84. The van der Waals surface area contributed by atoms with Gasteiger partial charge in [-0.05, 0) is 79.0 Å². The van der Waals surface area contributed by atoms with E-state index < -0.39 is 0 Å². The fourth-order valence-corrected chi connectivity index (χ4v) is 3.15. The van der Waals surface area contributed by atoms with Crippen molar-refractivity contribution in [1.82, 2.24) is 9.55 Å². The molecule has 3 aromatic rings. The minimum Gasteiger partial charge on any atom is -0.464 e. The number of H-pyrrole nitrogens is 1. The van der Waals surface area contributed by atoms with Gasteiger partial charge in [0.1, 0.15) is 11.5 Å². The molecule has 1 unspecified atom stereocenters. The molecule has 0 radical (unpaired) electrons. The summed E-state index contributed by atoms with van der Waals surface area (Å²) < 4.78 is 9.72. The number of fused-ring (bicyclic) bond motifs is 1. The van der Waals surface area contributed by atoms with E-state index in [1.807, 2.05) is 19.1 Å². The second-order valence-electron chi connectivity index (χ2n) is 4.59. The predicted molar refractivity (Wildman–Crippen MR) is 87.1 cm³/mol. The Morgan fingerprint density at radius 1 is 1.32 bits per heavy atom. The zero-order valence-electron chi connectivity index (χ0n) is 10.6. The Bertz CT molecular complexity index is 799. The quantitative estimate of drug-likeness (QED) is 0.508. The number of aryl methyl sites for hydroxylation is 1. The molecule has 1 atom stereocenters. The molecule has 2 heterocycles. The lowest BCUT2D eigenvalue weighted by molar-refractivity contribution is 0.431. The summed E-state index contributed by atoms with van der Waals surface area (Å²) in [7, 11) is 0. The van der Waals surface area contributed by atoms with Crippen LogP contribution in [0.3, 0.4) is 0 Å². The molecule has 0 fully saturated rings. The number of imidazole rings is 1. The van der Waals surface area contributed by atoms with Gasteiger partial charge in [0, 0.05) is 3.57 Å². The van der Waals surface area contributed by atoms with Crippen molar-refractivity contribution in [3.63, 3.8) is 0 Å². The van der Waals surface area contributed by atoms with E-state index >= 15 is 0 Å². The Morgan fingerprint density at radius 2 is 2.11 bits per heavy atom. The van der Waals surface area contributed by atoms with Crippen molar-refractivity contribution in [2.24, 2.45) is 0 Å². The minimum absolute atomic E-state index is 0.0787. The summed E-state index contributed by atoms with van der Waals surface area (Å²) in [5, 5.41) is 0. The van der Waals surface area contributed by atoms with E-state index in [4.69, 9.17) is 16.6 Å². The van der Waals surface area contributed by atoms with E-state index in [0.717, 1.165) is 27.3 Å². The molecule has 0 bridgehead atoms. The number of aromatic nitrogens is 2. The van der Waals surface area contributed by atoms with Gasteiger partial charge in [0.25, 0.3) is 0 Å². The first-order valence-electron chi connectivity index (χ1n) is 6.02. The van der Waals surface area contributed by atoms with Crippen LogP contribution in [0.1, 0.15) is 24.5 Å². The highest BCUT2D eigenvalue weighted by molar-refractivity contribution is 14.1. The third-order valence-electron chi connectivity index (χ3n) is 3.24. The molecular formula is C14H13IN2OS. The van der Waals surface area contributed by atoms with Crippen LogP contribution in [0, 0.1) is 15.3 Å². The molecule has 0 saturated heterocycles. The zero-order valence-corrected chi connectivity index (χ0v) is 13.6. The molecule has 1 N–H and O–H groups in total. The largest absolute Gasteiger partial charge is 0.464 e. The number of hydrogen-bond donors (Lipinski definition) is 1. The minimum atomic E-state index is 0.0787. The maximum atomic E-state index is 5.71. The van der Waals surface area contributed by atoms with Gasteiger partial charge in [0.2, 0.25) is 0 Å². The summed E-state index contributed by atoms with van der Waals surface area (Å²) in [6.07, 6.45) is 0. The molecule has 0 saturated carbocycles. The Hall–Kier alpha value is -1.08. The van der Waals surface area contributed by atoms with Crippen LogP contribution in [-0.4, -0.2) is 9.55 Å². The molecule has 0 aliphatic heterocycles. The fourth-order valence-electron chi connectivity index (χ4n) is 2.29. The molecular weight excluding hydrogens is 371 g/mol. The number of nitrogens with one attached hydrogen (secondary N) is 1. The number of halogens is 1. The van der Waals surface area contributed by atoms with Gasteiger partial charge in [-0.3, -0.25) is 0 Å². The maximum Gasteiger partial charge on any atom is 0.178 e. The number of rotatable bonds is 2. The van der Waals surface area contributed by atoms with Crippen LogP contribution in [0.2, 0.25) is 0 Å². The maximum absolute atomic E-state index is 5.71. The molecule has 3 nitrogen and oxygen atoms in total. The van der Waals surface area contributed by atoms with Gasteiger partial charge in [-0.15, -0.1) is 0 Å². The van der Waals surface area contributed by atoms with Crippen LogP contribution in [0.4, 0.5) is 0 Å². The Morgan fingerprint density at radius 3 is 2.79 bits per heavy atom. The van der Waals surface area contributed by atoms with E-state index in [2.05, 4.69) is 57.3 Å². The van der Waals surface area contributed by atoms with Gasteiger partial charge in [-0.25, -0.2) is 0 Å². The molecule has 0 spiro atoms. The average molecular weight is 384 g/mol. The van der Waals surface area contributed by atoms with Gasteiger partial charge in [0.05, 0.1) is 17.1 Å². The lowest BCUT2D eigenvalue weighted by Crippen LogP contribution is -2.05. The van der Waals surface area contributed by atoms with Gasteiger partial charge in [-0.1, -0.05) is 0 Å². The van der Waals surface area contributed by atoms with Gasteiger partial charge in [-0.2, -0.15) is 0 Å². The van der Waals surface area contributed by atoms with E-state index in [9.17, 15) is 0 Å². The van der Waals surface area contributed by atoms with Crippen LogP contribution in [0.5, 0.6) is 0 Å². The molecule has 1 aromatic carbocycles. The summed E-state index contributed by atoms with van der Waals surface area (Å²) in [6.45, 7) is 4.05. The van der Waals surface area contributed by atoms with Crippen molar-refractivity contribution in [3.05, 3.63) is 50.2 Å². The van der Waals surface area contributed by atoms with Crippen molar-refractivity contribution in [2.75, 3.05) is 0 Å². The third kappa shape index (κ3) is 2.25. The van der Waals surface area contributed by atoms with E-state index in [1.165, 1.54) is 3.57 Å². The first-order chi connectivity index (χ1) is 9.06. The van der Waals surface area contributed by atoms with Crippen LogP contribution in [0.15, 0.2) is 34.7 Å². The second kappa shape index (κ2) is 4.79. The average Bonchev–Trinajstić information content (AvgIpc) is 2.91. The lowest BCUT2D eigenvalue weighted by Gasteiger charge is -2.12. The molecule has 2 aromatic heterocycles. The van der Waals surface area contributed by atoms with Crippen molar-refractivity contribution in [2.45, 2.75) is 19.9 Å². The first kappa shape index (κ1) is 12.9. The molecule has 3 rings (SSSR count). The van der Waals surface area contributed by atoms with Crippen LogP contribution in [-0.2, 0) is 0 Å². The number of furan rings is 1. The lowest BCUT2D eigenvalue weighted by atomic mass is 10.2. The highest BCUT2D eigenvalue weighted by Crippen LogP contribution is 2.26. The normalized spacial score (nSPS) is 13.0. The Kier molecular flexibility index (Phi) is 3.26. The summed E-state index contributed by atoms with van der Waals surface area (Å²) in [5.41, 5.74) is 2.17. The zero-order chi connectivity index (χ0) is 13.6. The highest BCUT2D eigenvalue weighted by Gasteiger charge is 2.15. The van der Waals surface area contributed by atoms with Crippen LogP contribution < -0.4 is 0 Å². The van der Waals surface area contributed by atoms with E-state index in [0.29, 0.717) is 0 Å². The summed E-state index contributed by atoms with van der Waals surface area (Å²) in [4.78, 5) is 3.26. The van der Waals surface area contributed by atoms with Gasteiger partial charge in [0.15, 0.2) is 4.77 Å². The van der Waals surface area contributed by atoms with E-state index in [1.54, 1.807) is 0 Å². The van der Waals surface area contributed by atoms with Crippen LogP contribution in [0.25, 0.3) is 11.0 Å². The van der Waals surface area contributed by atoms with Crippen molar-refractivity contribution < 1.29 is 4.42 Å². The monoisotopic (exact) mass is 384 g/mol. The smallest absolute Gasteiger partial charge is 0.178 e. The first-order valence-corrected chi connectivity index (χ1v) is 7.51. The SMILES string of the molecule is Cc1ccc(C(C)n2c(=S)[nH]c3cc(I)ccc32)o1. The highest BCUT2D eigenvalue weighted by atomic mass is 127. The number of aromatic amines is 1. The number of benzene rings is 1. The number of hydrogen-bond acceptors (Lipinski definition) is 2. The molecule has 0 aliphatic carbocycles. The van der Waals surface area contributed by atoms with Gasteiger partial charge < -0.3 is 14.0 Å². The summed E-state index contributed by atoms with van der Waals surface area (Å²) >= 11 is 7.74. The molecule has 0 amide bonds. The predicted octanol–water partition coefficient (Wildman–Crippen LogP) is 4.81. The Balaban J connectivity index is 2.19. The van der Waals surface area contributed by atoms with Crippen molar-refractivity contribution in [3.8, 4) is 0 Å². The van der Waals surface area contributed by atoms with Gasteiger partial charge >= 0.3 is 0 Å². The molecule has 98 valence electrons. The van der Waals surface area contributed by atoms with Crippen molar-refractivity contribution in [1.29, 1.82) is 0 Å². The number of nitrogens with zero attached hydrogens (tertiary/aromatic N) is 1. The van der Waals surface area contributed by atoms with E-state index in [-0.39, 0.29) is 6.04 Å². The standard InChI is InChI=1S/C14H13IN2OS/c1-8-3-6-13(18-8)9(2)17-12-5-4-10(15)7-11(12)16-14(17)19/h3-7,9H,1-2H3,(H,16,19). The van der Waals surface area contributed by atoms with Crippen LogP contribution >= 0.6 is 34.8 Å². The fraction of sp³-hybridized carbons (Fsp3) is 0.214. The Labute approximate surface area is 129 Å². The molecule has 19 heavy (non-hydrogen) atoms. The summed E-state index contributed by atoms with van der Waals surface area (Å²) in [6, 6.07) is 10.3. The second-order valence-corrected chi connectivity index (χ2v) is 6.22. The molecule has 0 aliphatic rings. The topological polar surface area (TPSA) is 33.9 Å². The van der Waals surface area contributed by atoms with Crippen molar-refractivity contribution >= 4 is 45.8 Å². The third-order valence-corrected chi connectivity index (χ3v) is 4.21. The molecule has 5 heteroatoms.